The molecule has 0 aromatic heterocycles. The Bertz CT molecular complexity index is 540. The van der Waals surface area contributed by atoms with Crippen molar-refractivity contribution in [1.29, 1.82) is 0 Å². The Morgan fingerprint density at radius 2 is 1.52 bits per heavy atom. The van der Waals surface area contributed by atoms with E-state index in [1.807, 2.05) is 0 Å². The first-order valence-electron chi connectivity index (χ1n) is 7.78. The fourth-order valence-corrected chi connectivity index (χ4v) is 3.39. The Hall–Kier alpha value is -1.64. The Kier molecular flexibility index (Phi) is 4.69. The van der Waals surface area contributed by atoms with E-state index >= 15 is 0 Å². The van der Waals surface area contributed by atoms with E-state index in [1.54, 1.807) is 0 Å². The molecule has 0 radical (unpaired) electrons. The fraction of sp³-hybridized carbons (Fsp3) is 0.368. The van der Waals surface area contributed by atoms with E-state index in [0.29, 0.717) is 12.0 Å². The molecule has 1 N–H and O–H groups in total. The van der Waals surface area contributed by atoms with Gasteiger partial charge in [-0.3, -0.25) is 4.90 Å². The van der Waals surface area contributed by atoms with Gasteiger partial charge < -0.3 is 5.11 Å². The molecule has 0 aliphatic carbocycles. The zero-order valence-corrected chi connectivity index (χ0v) is 12.4. The van der Waals surface area contributed by atoms with Crippen LogP contribution in [0.25, 0.3) is 0 Å². The van der Waals surface area contributed by atoms with Gasteiger partial charge in [0.1, 0.15) is 0 Å². The van der Waals surface area contributed by atoms with E-state index in [4.69, 9.17) is 0 Å². The van der Waals surface area contributed by atoms with Gasteiger partial charge >= 0.3 is 0 Å². The minimum Gasteiger partial charge on any atom is -0.395 e. The molecule has 0 spiro atoms. The monoisotopic (exact) mass is 281 g/mol. The summed E-state index contributed by atoms with van der Waals surface area (Å²) < 4.78 is 0. The van der Waals surface area contributed by atoms with Crippen molar-refractivity contribution in [2.75, 3.05) is 13.2 Å². The summed E-state index contributed by atoms with van der Waals surface area (Å²) in [4.78, 5) is 2.43. The van der Waals surface area contributed by atoms with Gasteiger partial charge in [-0.05, 0) is 29.9 Å². The average molecular weight is 281 g/mol. The van der Waals surface area contributed by atoms with Crippen molar-refractivity contribution in [1.82, 2.24) is 4.90 Å². The highest BCUT2D eigenvalue weighted by Crippen LogP contribution is 2.27. The Balaban J connectivity index is 1.63. The van der Waals surface area contributed by atoms with Crippen LogP contribution in [0.2, 0.25) is 0 Å². The largest absolute Gasteiger partial charge is 0.395 e. The van der Waals surface area contributed by atoms with Gasteiger partial charge in [-0.25, -0.2) is 0 Å². The quantitative estimate of drug-likeness (QED) is 0.910. The molecule has 3 rings (SSSR count). The zero-order chi connectivity index (χ0) is 14.5. The maximum Gasteiger partial charge on any atom is 0.0587 e. The number of rotatable bonds is 5. The van der Waals surface area contributed by atoms with Crippen molar-refractivity contribution < 1.29 is 5.11 Å². The molecule has 2 aromatic rings. The van der Waals surface area contributed by atoms with Gasteiger partial charge in [0.2, 0.25) is 0 Å². The molecule has 1 fully saturated rings. The number of benzene rings is 2. The molecular weight excluding hydrogens is 258 g/mol. The van der Waals surface area contributed by atoms with Crippen LogP contribution in [0.5, 0.6) is 0 Å². The number of likely N-dealkylation sites (tertiary alicyclic amines) is 1. The number of hydrogen-bond acceptors (Lipinski definition) is 2. The molecule has 2 aromatic carbocycles. The molecule has 2 nitrogen and oxygen atoms in total. The lowest BCUT2D eigenvalue weighted by Crippen LogP contribution is -2.31. The molecule has 0 saturated carbocycles. The highest BCUT2D eigenvalue weighted by atomic mass is 16.3. The summed E-state index contributed by atoms with van der Waals surface area (Å²) in [5.74, 6) is 0.647. The number of aliphatic hydroxyl groups excluding tert-OH is 1. The molecule has 0 unspecified atom stereocenters. The van der Waals surface area contributed by atoms with E-state index in [-0.39, 0.29) is 6.61 Å². The highest BCUT2D eigenvalue weighted by Gasteiger charge is 2.31. The number of hydrogen-bond donors (Lipinski definition) is 1. The molecule has 0 bridgehead atoms. The Morgan fingerprint density at radius 3 is 2.14 bits per heavy atom. The second-order valence-corrected chi connectivity index (χ2v) is 6.04. The van der Waals surface area contributed by atoms with Gasteiger partial charge in [-0.1, -0.05) is 60.7 Å². The predicted octanol–water partition coefficient (Wildman–Crippen LogP) is 3.11. The van der Waals surface area contributed by atoms with Gasteiger partial charge in [-0.2, -0.15) is 0 Å². The lowest BCUT2D eigenvalue weighted by atomic mass is 9.97. The summed E-state index contributed by atoms with van der Waals surface area (Å²) in [6.07, 6.45) is 2.21. The Labute approximate surface area is 127 Å². The average Bonchev–Trinajstić information content (AvgIpc) is 2.91. The lowest BCUT2D eigenvalue weighted by Gasteiger charge is -2.22. The normalized spacial score (nSPS) is 22.5. The predicted molar refractivity (Wildman–Crippen MR) is 86.0 cm³/mol. The van der Waals surface area contributed by atoms with E-state index < -0.39 is 0 Å². The van der Waals surface area contributed by atoms with Crippen LogP contribution >= 0.6 is 0 Å². The van der Waals surface area contributed by atoms with Crippen LogP contribution in [0.15, 0.2) is 60.7 Å². The molecule has 1 aliphatic rings. The van der Waals surface area contributed by atoms with Crippen LogP contribution in [0.1, 0.15) is 17.5 Å². The maximum atomic E-state index is 9.66. The summed E-state index contributed by atoms with van der Waals surface area (Å²) >= 11 is 0. The van der Waals surface area contributed by atoms with Gasteiger partial charge in [0.05, 0.1) is 6.61 Å². The zero-order valence-electron chi connectivity index (χ0n) is 12.4. The molecule has 2 atom stereocenters. The van der Waals surface area contributed by atoms with Crippen molar-refractivity contribution in [2.24, 2.45) is 5.92 Å². The maximum absolute atomic E-state index is 9.66. The number of aliphatic hydroxyl groups is 1. The van der Waals surface area contributed by atoms with E-state index in [9.17, 15) is 5.11 Å². The third-order valence-corrected chi connectivity index (χ3v) is 4.42. The molecule has 21 heavy (non-hydrogen) atoms. The van der Waals surface area contributed by atoms with Crippen LogP contribution in [0, 0.1) is 5.92 Å². The molecular formula is C19H23NO. The summed E-state index contributed by atoms with van der Waals surface area (Å²) in [5, 5.41) is 9.66. The van der Waals surface area contributed by atoms with Crippen molar-refractivity contribution >= 4 is 0 Å². The lowest BCUT2D eigenvalue weighted by molar-refractivity contribution is 0.153. The molecule has 110 valence electrons. The minimum atomic E-state index is 0.262. The van der Waals surface area contributed by atoms with Crippen LogP contribution in [-0.4, -0.2) is 29.2 Å². The second-order valence-electron chi connectivity index (χ2n) is 6.04. The fourth-order valence-electron chi connectivity index (χ4n) is 3.39. The van der Waals surface area contributed by atoms with E-state index in [1.165, 1.54) is 11.1 Å². The molecule has 2 heteroatoms. The van der Waals surface area contributed by atoms with Crippen LogP contribution in [-0.2, 0) is 13.0 Å². The van der Waals surface area contributed by atoms with Crippen molar-refractivity contribution in [3.05, 3.63) is 71.8 Å². The smallest absolute Gasteiger partial charge is 0.0587 e. The summed E-state index contributed by atoms with van der Waals surface area (Å²) in [7, 11) is 0. The minimum absolute atomic E-state index is 0.262. The van der Waals surface area contributed by atoms with Gasteiger partial charge in [0.25, 0.3) is 0 Å². The van der Waals surface area contributed by atoms with Gasteiger partial charge in [0.15, 0.2) is 0 Å². The number of nitrogens with zero attached hydrogens (tertiary/aromatic N) is 1. The van der Waals surface area contributed by atoms with Crippen molar-refractivity contribution in [3.8, 4) is 0 Å². The van der Waals surface area contributed by atoms with Gasteiger partial charge in [0, 0.05) is 19.1 Å². The SMILES string of the molecule is OC[C@H]1C[C@@H](Cc2ccccc2)CN1Cc1ccccc1. The Morgan fingerprint density at radius 1 is 0.905 bits per heavy atom. The first kappa shape index (κ1) is 14.3. The standard InChI is InChI=1S/C19H23NO/c21-15-19-12-18(11-16-7-3-1-4-8-16)14-20(19)13-17-9-5-2-6-10-17/h1-10,18-19,21H,11-15H2/t18-,19-/m1/s1. The summed E-state index contributed by atoms with van der Waals surface area (Å²) in [6.45, 7) is 2.28. The third-order valence-electron chi connectivity index (χ3n) is 4.42. The molecule has 1 heterocycles. The molecule has 1 aliphatic heterocycles. The first-order valence-corrected chi connectivity index (χ1v) is 7.78. The topological polar surface area (TPSA) is 23.5 Å². The van der Waals surface area contributed by atoms with Crippen molar-refractivity contribution in [2.45, 2.75) is 25.4 Å². The van der Waals surface area contributed by atoms with Gasteiger partial charge in [-0.15, -0.1) is 0 Å². The van der Waals surface area contributed by atoms with E-state index in [2.05, 4.69) is 65.6 Å². The first-order chi connectivity index (χ1) is 10.3. The summed E-state index contributed by atoms with van der Waals surface area (Å²) in [6, 6.07) is 21.5. The van der Waals surface area contributed by atoms with Crippen LogP contribution < -0.4 is 0 Å². The second kappa shape index (κ2) is 6.88. The van der Waals surface area contributed by atoms with Crippen LogP contribution in [0.3, 0.4) is 0 Å². The van der Waals surface area contributed by atoms with Crippen molar-refractivity contribution in [3.63, 3.8) is 0 Å². The third kappa shape index (κ3) is 3.72. The van der Waals surface area contributed by atoms with Crippen LogP contribution in [0.4, 0.5) is 0 Å². The van der Waals surface area contributed by atoms with E-state index in [0.717, 1.165) is 25.9 Å². The summed E-state index contributed by atoms with van der Waals surface area (Å²) in [5.41, 5.74) is 2.73. The molecule has 0 amide bonds. The highest BCUT2D eigenvalue weighted by molar-refractivity contribution is 5.17. The molecule has 1 saturated heterocycles.